The minimum atomic E-state index is -0.695. The molecule has 2 saturated heterocycles. The number of nitrogens with zero attached hydrogens (tertiary/aromatic N) is 3. The van der Waals surface area contributed by atoms with Crippen LogP contribution in [0.1, 0.15) is 30.8 Å². The first kappa shape index (κ1) is 17.7. The van der Waals surface area contributed by atoms with Gasteiger partial charge in [-0.15, -0.1) is 0 Å². The normalized spacial score (nSPS) is 26.4. The van der Waals surface area contributed by atoms with E-state index in [4.69, 9.17) is 16.3 Å². The molecule has 2 aromatic heterocycles. The van der Waals surface area contributed by atoms with Crippen LogP contribution in [-0.4, -0.2) is 58.1 Å². The summed E-state index contributed by atoms with van der Waals surface area (Å²) in [4.78, 5) is 19.0. The van der Waals surface area contributed by atoms with Crippen molar-refractivity contribution in [1.29, 1.82) is 0 Å². The molecule has 4 rings (SSSR count). The molecule has 8 heteroatoms. The summed E-state index contributed by atoms with van der Waals surface area (Å²) < 4.78 is 21.6. The molecule has 2 fully saturated rings. The minimum absolute atomic E-state index is 0.0326. The van der Waals surface area contributed by atoms with Gasteiger partial charge in [-0.25, -0.2) is 4.98 Å². The summed E-state index contributed by atoms with van der Waals surface area (Å²) in [6.07, 6.45) is 2.44. The van der Waals surface area contributed by atoms with Gasteiger partial charge in [-0.1, -0.05) is 25.4 Å². The van der Waals surface area contributed by atoms with Crippen molar-refractivity contribution in [2.24, 2.45) is 5.92 Å². The summed E-state index contributed by atoms with van der Waals surface area (Å²) in [5.41, 5.74) is 0.155. The SMILES string of the molecule is CC(C)[C@H]1CN2C[C@@H](NC(=O)c3nc4ccc(Cl)cn4c3F)C[C@H]2CO1. The number of ether oxygens (including phenoxy) is 1. The number of rotatable bonds is 3. The second-order valence-corrected chi connectivity index (χ2v) is 7.89. The van der Waals surface area contributed by atoms with Crippen LogP contribution in [0.5, 0.6) is 0 Å². The number of pyridine rings is 1. The highest BCUT2D eigenvalue weighted by atomic mass is 35.5. The van der Waals surface area contributed by atoms with Gasteiger partial charge < -0.3 is 10.1 Å². The van der Waals surface area contributed by atoms with Gasteiger partial charge in [-0.05, 0) is 24.5 Å². The number of morpholine rings is 1. The molecule has 0 spiro atoms. The Morgan fingerprint density at radius 3 is 3.00 bits per heavy atom. The summed E-state index contributed by atoms with van der Waals surface area (Å²) in [5, 5.41) is 3.31. The highest BCUT2D eigenvalue weighted by Crippen LogP contribution is 2.26. The van der Waals surface area contributed by atoms with Gasteiger partial charge in [-0.2, -0.15) is 4.39 Å². The number of carbonyl (C=O) groups excluding carboxylic acids is 1. The molecule has 1 amide bonds. The second kappa shape index (κ2) is 6.79. The summed E-state index contributed by atoms with van der Waals surface area (Å²) >= 11 is 5.89. The predicted octanol–water partition coefficient (Wildman–Crippen LogP) is 2.35. The number of hydrogen-bond donors (Lipinski definition) is 1. The van der Waals surface area contributed by atoms with Crippen LogP contribution in [-0.2, 0) is 4.74 Å². The maximum absolute atomic E-state index is 14.5. The Balaban J connectivity index is 1.45. The third-order valence-corrected chi connectivity index (χ3v) is 5.49. The smallest absolute Gasteiger partial charge is 0.274 e. The number of fused-ring (bicyclic) bond motifs is 2. The lowest BCUT2D eigenvalue weighted by atomic mass is 10.0. The zero-order chi connectivity index (χ0) is 18.4. The van der Waals surface area contributed by atoms with Crippen LogP contribution in [0.4, 0.5) is 4.39 Å². The molecular weight excluding hydrogens is 359 g/mol. The van der Waals surface area contributed by atoms with Gasteiger partial charge in [0.1, 0.15) is 5.65 Å². The second-order valence-electron chi connectivity index (χ2n) is 7.46. The van der Waals surface area contributed by atoms with E-state index in [1.54, 1.807) is 12.1 Å². The number of nitrogens with one attached hydrogen (secondary N) is 1. The molecule has 3 atom stereocenters. The van der Waals surface area contributed by atoms with E-state index in [2.05, 4.69) is 29.0 Å². The van der Waals surface area contributed by atoms with Crippen LogP contribution in [0, 0.1) is 11.9 Å². The Morgan fingerprint density at radius 2 is 2.23 bits per heavy atom. The average Bonchev–Trinajstić information content (AvgIpc) is 3.14. The van der Waals surface area contributed by atoms with Crippen LogP contribution in [0.2, 0.25) is 5.02 Å². The molecular formula is C18H22ClFN4O2. The molecule has 0 aliphatic carbocycles. The van der Waals surface area contributed by atoms with Gasteiger partial charge >= 0.3 is 0 Å². The number of halogens is 2. The van der Waals surface area contributed by atoms with Crippen LogP contribution in [0.25, 0.3) is 5.65 Å². The maximum Gasteiger partial charge on any atom is 0.274 e. The molecule has 0 radical (unpaired) electrons. The Bertz CT molecular complexity index is 840. The summed E-state index contributed by atoms with van der Waals surface area (Å²) in [6.45, 7) is 6.60. The summed E-state index contributed by atoms with van der Waals surface area (Å²) in [7, 11) is 0. The van der Waals surface area contributed by atoms with Crippen molar-refractivity contribution in [3.05, 3.63) is 35.0 Å². The monoisotopic (exact) mass is 380 g/mol. The predicted molar refractivity (Wildman–Crippen MR) is 96.0 cm³/mol. The van der Waals surface area contributed by atoms with Crippen LogP contribution in [0.15, 0.2) is 18.3 Å². The highest BCUT2D eigenvalue weighted by Gasteiger charge is 2.39. The van der Waals surface area contributed by atoms with Gasteiger partial charge in [0, 0.05) is 31.4 Å². The number of imidazole rings is 1. The quantitative estimate of drug-likeness (QED) is 0.888. The largest absolute Gasteiger partial charge is 0.375 e. The van der Waals surface area contributed by atoms with Crippen molar-refractivity contribution < 1.29 is 13.9 Å². The van der Waals surface area contributed by atoms with Crippen LogP contribution < -0.4 is 5.32 Å². The van der Waals surface area contributed by atoms with Crippen molar-refractivity contribution >= 4 is 23.2 Å². The van der Waals surface area contributed by atoms with Gasteiger partial charge in [0.15, 0.2) is 5.69 Å². The van der Waals surface area contributed by atoms with Crippen LogP contribution in [0.3, 0.4) is 0 Å². The molecule has 140 valence electrons. The highest BCUT2D eigenvalue weighted by molar-refractivity contribution is 6.30. The average molecular weight is 381 g/mol. The Hall–Kier alpha value is -1.70. The van der Waals surface area contributed by atoms with Gasteiger partial charge in [0.2, 0.25) is 5.95 Å². The van der Waals surface area contributed by atoms with Gasteiger partial charge in [0.25, 0.3) is 5.91 Å². The van der Waals surface area contributed by atoms with E-state index >= 15 is 0 Å². The molecule has 2 aliphatic heterocycles. The number of amides is 1. The lowest BCUT2D eigenvalue weighted by molar-refractivity contribution is -0.0683. The van der Waals surface area contributed by atoms with E-state index < -0.39 is 11.9 Å². The van der Waals surface area contributed by atoms with Crippen molar-refractivity contribution in [3.63, 3.8) is 0 Å². The zero-order valence-corrected chi connectivity index (χ0v) is 15.5. The van der Waals surface area contributed by atoms with Crippen molar-refractivity contribution in [2.45, 2.75) is 38.5 Å². The standard InChI is InChI=1S/C18H22ClFN4O2/c1-10(2)14-8-23-7-12(5-13(23)9-26-14)21-18(25)16-17(20)24-6-11(19)3-4-15(24)22-16/h3-4,6,10,12-14H,5,7-9H2,1-2H3,(H,21,25)/t12-,13-,14+/m0/s1. The van der Waals surface area contributed by atoms with E-state index in [0.717, 1.165) is 19.5 Å². The fraction of sp³-hybridized carbons (Fsp3) is 0.556. The summed E-state index contributed by atoms with van der Waals surface area (Å²) in [5.74, 6) is -0.726. The van der Waals surface area contributed by atoms with Crippen molar-refractivity contribution in [1.82, 2.24) is 19.6 Å². The van der Waals surface area contributed by atoms with Gasteiger partial charge in [-0.3, -0.25) is 14.1 Å². The third-order valence-electron chi connectivity index (χ3n) is 5.26. The molecule has 26 heavy (non-hydrogen) atoms. The van der Waals surface area contributed by atoms with E-state index in [1.165, 1.54) is 10.6 Å². The van der Waals surface area contributed by atoms with E-state index in [1.807, 2.05) is 0 Å². The first-order valence-corrected chi connectivity index (χ1v) is 9.30. The van der Waals surface area contributed by atoms with Crippen molar-refractivity contribution in [2.75, 3.05) is 19.7 Å². The van der Waals surface area contributed by atoms with Gasteiger partial charge in [0.05, 0.1) is 17.7 Å². The number of carbonyl (C=O) groups is 1. The third kappa shape index (κ3) is 3.19. The molecule has 6 nitrogen and oxygen atoms in total. The zero-order valence-electron chi connectivity index (χ0n) is 14.8. The topological polar surface area (TPSA) is 58.9 Å². The maximum atomic E-state index is 14.5. The van der Waals surface area contributed by atoms with E-state index in [-0.39, 0.29) is 17.8 Å². The Morgan fingerprint density at radius 1 is 1.42 bits per heavy atom. The van der Waals surface area contributed by atoms with Crippen molar-refractivity contribution in [3.8, 4) is 0 Å². The Kier molecular flexibility index (Phi) is 4.62. The van der Waals surface area contributed by atoms with Crippen LogP contribution >= 0.6 is 11.6 Å². The van der Waals surface area contributed by atoms with E-state index in [9.17, 15) is 9.18 Å². The number of aromatic nitrogens is 2. The molecule has 4 heterocycles. The fourth-order valence-corrected chi connectivity index (χ4v) is 3.96. The number of hydrogen-bond acceptors (Lipinski definition) is 4. The molecule has 0 aromatic carbocycles. The van der Waals surface area contributed by atoms with E-state index in [0.29, 0.717) is 29.2 Å². The fourth-order valence-electron chi connectivity index (χ4n) is 3.80. The molecule has 0 unspecified atom stereocenters. The first-order valence-electron chi connectivity index (χ1n) is 8.92. The molecule has 0 saturated carbocycles. The molecule has 1 N–H and O–H groups in total. The molecule has 0 bridgehead atoms. The Labute approximate surface area is 156 Å². The molecule has 2 aliphatic rings. The first-order chi connectivity index (χ1) is 12.4. The lowest BCUT2D eigenvalue weighted by Crippen LogP contribution is -2.48. The lowest BCUT2D eigenvalue weighted by Gasteiger charge is -2.36. The molecule has 2 aromatic rings. The minimum Gasteiger partial charge on any atom is -0.375 e. The summed E-state index contributed by atoms with van der Waals surface area (Å²) in [6, 6.07) is 3.47.